The van der Waals surface area contributed by atoms with E-state index in [1.165, 1.54) is 18.2 Å². The Morgan fingerprint density at radius 2 is 2.20 bits per heavy atom. The maximum atomic E-state index is 15.4. The average molecular weight is 502 g/mol. The zero-order valence-electron chi connectivity index (χ0n) is 23.7. The molecule has 14 heteroatoms. The van der Waals surface area contributed by atoms with Crippen LogP contribution in [0.3, 0.4) is 0 Å². The third-order valence-corrected chi connectivity index (χ3v) is 5.67. The van der Waals surface area contributed by atoms with Crippen LogP contribution in [0.1, 0.15) is 14.6 Å². The largest absolute Gasteiger partial charge is 0.479 e. The summed E-state index contributed by atoms with van der Waals surface area (Å²) in [5.41, 5.74) is -0.0482. The van der Waals surface area contributed by atoms with Crippen LogP contribution in [0.15, 0.2) is 24.4 Å². The molecule has 0 saturated carbocycles. The van der Waals surface area contributed by atoms with Crippen LogP contribution in [0, 0.1) is 5.82 Å². The number of likely N-dealkylation sites (tertiary alicyclic amines) is 1. The first kappa shape index (κ1) is 17.0. The van der Waals surface area contributed by atoms with E-state index in [2.05, 4.69) is 25.7 Å². The van der Waals surface area contributed by atoms with E-state index in [9.17, 15) is 17.6 Å². The summed E-state index contributed by atoms with van der Waals surface area (Å²) in [4.78, 5) is 4.60. The van der Waals surface area contributed by atoms with Gasteiger partial charge in [0.25, 0.3) is 12.3 Å². The first-order chi connectivity index (χ1) is 19.0. The fourth-order valence-electron chi connectivity index (χ4n) is 4.09. The second-order valence-corrected chi connectivity index (χ2v) is 8.02. The topological polar surface area (TPSA) is 85.4 Å². The van der Waals surface area contributed by atoms with Crippen molar-refractivity contribution < 1.29 is 34.9 Å². The minimum Gasteiger partial charge on any atom is -0.479 e. The van der Waals surface area contributed by atoms with Crippen LogP contribution in [0.25, 0.3) is 27.7 Å². The number of alkyl halides is 4. The molecule has 1 fully saturated rings. The molecular weight excluding hydrogens is 475 g/mol. The number of halogens is 5. The Kier molecular flexibility index (Phi) is 4.17. The number of ether oxygens (including phenoxy) is 1. The molecule has 0 spiro atoms. The zero-order valence-corrected chi connectivity index (χ0v) is 17.7. The molecule has 1 N–H and O–H groups in total. The van der Waals surface area contributed by atoms with Gasteiger partial charge in [-0.05, 0) is 31.1 Å². The molecule has 4 heterocycles. The number of aromatic nitrogens is 6. The third-order valence-electron chi connectivity index (χ3n) is 5.67. The molecule has 1 saturated heterocycles. The van der Waals surface area contributed by atoms with Crippen molar-refractivity contribution in [1.82, 2.24) is 34.5 Å². The lowest BCUT2D eigenvalue weighted by Gasteiger charge is -2.36. The van der Waals surface area contributed by atoms with Crippen molar-refractivity contribution in [2.75, 3.05) is 32.4 Å². The zero-order chi connectivity index (χ0) is 29.9. The van der Waals surface area contributed by atoms with Gasteiger partial charge in [-0.25, -0.2) is 31.1 Å². The highest BCUT2D eigenvalue weighted by Gasteiger charge is 2.44. The van der Waals surface area contributed by atoms with E-state index in [-0.39, 0.29) is 40.6 Å². The number of piperidine rings is 1. The van der Waals surface area contributed by atoms with E-state index >= 15 is 4.39 Å². The van der Waals surface area contributed by atoms with Crippen LogP contribution < -0.4 is 10.1 Å². The number of anilines is 1. The molecule has 0 unspecified atom stereocenters. The first-order valence-corrected chi connectivity index (χ1v) is 10.3. The van der Waals surface area contributed by atoms with Crippen molar-refractivity contribution in [2.45, 2.75) is 31.4 Å². The summed E-state index contributed by atoms with van der Waals surface area (Å²) in [6, 6.07) is 2.48. The molecular formula is C21H21F5N8O. The Morgan fingerprint density at radius 3 is 2.94 bits per heavy atom. The number of fused-ring (bicyclic) bond motifs is 2. The monoisotopic (exact) mass is 502 g/mol. The number of hydrogen-bond donors (Lipinski definition) is 1. The highest BCUT2D eigenvalue weighted by Crippen LogP contribution is 2.36. The van der Waals surface area contributed by atoms with Gasteiger partial charge >= 0.3 is 0 Å². The second-order valence-electron chi connectivity index (χ2n) is 8.02. The van der Waals surface area contributed by atoms with Gasteiger partial charge < -0.3 is 15.0 Å². The molecule has 1 aromatic carbocycles. The van der Waals surface area contributed by atoms with Crippen molar-refractivity contribution in [1.29, 1.82) is 0 Å². The van der Waals surface area contributed by atoms with Crippen LogP contribution in [0.5, 0.6) is 5.88 Å². The molecule has 1 aliphatic heterocycles. The molecule has 35 heavy (non-hydrogen) atoms. The lowest BCUT2D eigenvalue weighted by Crippen LogP contribution is -2.53. The molecule has 0 bridgehead atoms. The molecule has 0 amide bonds. The molecule has 1 atom stereocenters. The number of nitrogens with one attached hydrogen (secondary N) is 1. The predicted octanol–water partition coefficient (Wildman–Crippen LogP) is 3.31. The van der Waals surface area contributed by atoms with E-state index in [0.717, 1.165) is 15.4 Å². The summed E-state index contributed by atoms with van der Waals surface area (Å²) < 4.78 is 123. The van der Waals surface area contributed by atoms with E-state index in [1.54, 1.807) is 0 Å². The fourth-order valence-corrected chi connectivity index (χ4v) is 4.09. The predicted molar refractivity (Wildman–Crippen MR) is 116 cm³/mol. The Morgan fingerprint density at radius 1 is 1.34 bits per heavy atom. The fraction of sp³-hybridized carbons (Fsp3) is 0.429. The van der Waals surface area contributed by atoms with Crippen molar-refractivity contribution in [3.8, 4) is 17.0 Å². The van der Waals surface area contributed by atoms with Crippen LogP contribution >= 0.6 is 0 Å². The standard InChI is InChI=1S/C21H21F5N8O/c1-32-6-5-15(21(25,26)10-32)27-20-28-19(35-2)18-17(12(22)8-34(18)30-20)11-3-4-13-14(7-11)33(31-29-13)9-16(23)24/h3-4,7-8,15-16H,5-6,9-10H2,1-2H3,(H,27,30)/t15-/m1/s1/i1D3,2D3. The highest BCUT2D eigenvalue weighted by molar-refractivity contribution is 5.89. The Bertz CT molecular complexity index is 1590. The highest BCUT2D eigenvalue weighted by atomic mass is 19.3. The number of benzene rings is 1. The molecule has 0 radical (unpaired) electrons. The summed E-state index contributed by atoms with van der Waals surface area (Å²) in [5.74, 6) is -5.69. The lowest BCUT2D eigenvalue weighted by atomic mass is 10.0. The van der Waals surface area contributed by atoms with Gasteiger partial charge in [0.05, 0.1) is 41.0 Å². The molecule has 0 aliphatic carbocycles. The molecule has 1 aliphatic rings. The quantitative estimate of drug-likeness (QED) is 0.405. The molecule has 186 valence electrons. The van der Waals surface area contributed by atoms with Gasteiger partial charge in [-0.2, -0.15) is 4.98 Å². The summed E-state index contributed by atoms with van der Waals surface area (Å²) >= 11 is 0. The minimum atomic E-state index is -3.55. The van der Waals surface area contributed by atoms with Crippen molar-refractivity contribution in [3.63, 3.8) is 0 Å². The Balaban J connectivity index is 1.57. The van der Waals surface area contributed by atoms with Gasteiger partial charge in [0.1, 0.15) is 17.6 Å². The van der Waals surface area contributed by atoms with E-state index in [1.807, 2.05) is 0 Å². The van der Waals surface area contributed by atoms with Gasteiger partial charge in [0, 0.05) is 10.7 Å². The lowest BCUT2D eigenvalue weighted by molar-refractivity contribution is -0.0675. The van der Waals surface area contributed by atoms with E-state index in [4.69, 9.17) is 13.0 Å². The summed E-state index contributed by atoms with van der Waals surface area (Å²) in [7, 11) is -3.09. The third kappa shape index (κ3) is 4.22. The summed E-state index contributed by atoms with van der Waals surface area (Å²) in [5, 5.41) is 13.9. The maximum absolute atomic E-state index is 15.4. The molecule has 3 aromatic heterocycles. The van der Waals surface area contributed by atoms with Crippen molar-refractivity contribution >= 4 is 22.5 Å². The first-order valence-electron chi connectivity index (χ1n) is 13.3. The van der Waals surface area contributed by atoms with Gasteiger partial charge in [-0.3, -0.25) is 0 Å². The summed E-state index contributed by atoms with van der Waals surface area (Å²) in [6.45, 7) is -4.78. The van der Waals surface area contributed by atoms with Crippen LogP contribution in [0.2, 0.25) is 0 Å². The van der Waals surface area contributed by atoms with Crippen LogP contribution in [-0.2, 0) is 6.54 Å². The van der Waals surface area contributed by atoms with Gasteiger partial charge in [0.2, 0.25) is 11.8 Å². The van der Waals surface area contributed by atoms with Crippen LogP contribution in [-0.4, -0.2) is 80.0 Å². The SMILES string of the molecule is [2H]C([2H])([2H])Oc1nc(N[C@@H]2CCN(C([2H])([2H])[2H])CC2(F)F)nn2cc(F)c(-c3ccc4nnn(CC(F)F)c4c3)c12. The maximum Gasteiger partial charge on any atom is 0.280 e. The van der Waals surface area contributed by atoms with Gasteiger partial charge in [-0.1, -0.05) is 11.3 Å². The second kappa shape index (κ2) is 8.59. The number of rotatable bonds is 6. The number of nitrogens with zero attached hydrogens (tertiary/aromatic N) is 7. The van der Waals surface area contributed by atoms with Crippen molar-refractivity contribution in [2.24, 2.45) is 0 Å². The van der Waals surface area contributed by atoms with E-state index < -0.39 is 63.1 Å². The van der Waals surface area contributed by atoms with Gasteiger partial charge in [0.15, 0.2) is 5.82 Å². The van der Waals surface area contributed by atoms with Crippen molar-refractivity contribution in [3.05, 3.63) is 30.2 Å². The average Bonchev–Trinajstić information content (AvgIpc) is 3.37. The smallest absolute Gasteiger partial charge is 0.280 e. The van der Waals surface area contributed by atoms with E-state index in [0.29, 0.717) is 4.90 Å². The molecule has 9 nitrogen and oxygen atoms in total. The Hall–Kier alpha value is -3.55. The molecule has 4 aromatic rings. The van der Waals surface area contributed by atoms with Crippen LogP contribution in [0.4, 0.5) is 27.9 Å². The normalized spacial score (nSPS) is 21.8. The summed E-state index contributed by atoms with van der Waals surface area (Å²) in [6.07, 6.45) is -2.23. The molecule has 5 rings (SSSR count). The minimum absolute atomic E-state index is 0.0959. The Labute approximate surface area is 203 Å². The van der Waals surface area contributed by atoms with Gasteiger partial charge in [-0.15, -0.1) is 10.2 Å². The number of methoxy groups -OCH3 is 1. The number of hydrogen-bond acceptors (Lipinski definition) is 7.